The summed E-state index contributed by atoms with van der Waals surface area (Å²) in [5.41, 5.74) is 0. The van der Waals surface area contributed by atoms with E-state index in [1.54, 1.807) is 11.3 Å². The molecular weight excluding hydrogens is 296 g/mol. The number of nitrogens with zero attached hydrogens (tertiary/aromatic N) is 3. The standard InChI is InChI=1S/C16H28N4OS/c1-4-14-10-19-15(22-14)6-8-18-16(17-5-2)20(3)11-13-7-9-21-12-13/h10,13H,4-9,11-12H2,1-3H3,(H,17,18). The van der Waals surface area contributed by atoms with Crippen molar-refractivity contribution in [3.8, 4) is 0 Å². The Hall–Kier alpha value is -1.14. The molecule has 0 spiro atoms. The fraction of sp³-hybridized carbons (Fsp3) is 0.750. The summed E-state index contributed by atoms with van der Waals surface area (Å²) in [6.45, 7) is 8.73. The monoisotopic (exact) mass is 324 g/mol. The molecule has 6 heteroatoms. The van der Waals surface area contributed by atoms with Gasteiger partial charge < -0.3 is 15.0 Å². The van der Waals surface area contributed by atoms with E-state index in [2.05, 4.69) is 36.1 Å². The van der Waals surface area contributed by atoms with Gasteiger partial charge in [-0.15, -0.1) is 11.3 Å². The molecule has 0 bridgehead atoms. The maximum absolute atomic E-state index is 5.46. The van der Waals surface area contributed by atoms with E-state index in [1.807, 2.05) is 6.20 Å². The van der Waals surface area contributed by atoms with E-state index in [0.29, 0.717) is 5.92 Å². The van der Waals surface area contributed by atoms with Gasteiger partial charge in [-0.3, -0.25) is 4.99 Å². The van der Waals surface area contributed by atoms with Gasteiger partial charge in [0.25, 0.3) is 0 Å². The summed E-state index contributed by atoms with van der Waals surface area (Å²) in [6, 6.07) is 0. The number of thiazole rings is 1. The Morgan fingerprint density at radius 2 is 2.41 bits per heavy atom. The molecule has 22 heavy (non-hydrogen) atoms. The number of hydrogen-bond donors (Lipinski definition) is 1. The molecule has 1 atom stereocenters. The van der Waals surface area contributed by atoms with Crippen molar-refractivity contribution in [1.29, 1.82) is 0 Å². The van der Waals surface area contributed by atoms with Gasteiger partial charge in [0, 0.05) is 56.7 Å². The highest BCUT2D eigenvalue weighted by atomic mass is 32.1. The van der Waals surface area contributed by atoms with E-state index in [-0.39, 0.29) is 0 Å². The van der Waals surface area contributed by atoms with E-state index in [9.17, 15) is 0 Å². The summed E-state index contributed by atoms with van der Waals surface area (Å²) in [5.74, 6) is 1.61. The van der Waals surface area contributed by atoms with Crippen LogP contribution in [0.25, 0.3) is 0 Å². The number of guanidine groups is 1. The minimum atomic E-state index is 0.625. The highest BCUT2D eigenvalue weighted by Gasteiger charge is 2.18. The molecule has 1 aromatic rings. The summed E-state index contributed by atoms with van der Waals surface area (Å²) in [7, 11) is 2.11. The van der Waals surface area contributed by atoms with Crippen LogP contribution in [0, 0.1) is 5.92 Å². The number of hydrogen-bond acceptors (Lipinski definition) is 4. The van der Waals surface area contributed by atoms with Crippen LogP contribution in [-0.4, -0.2) is 55.7 Å². The zero-order valence-electron chi connectivity index (χ0n) is 14.0. The molecule has 0 amide bonds. The molecule has 0 radical (unpaired) electrons. The molecule has 1 aromatic heterocycles. The van der Waals surface area contributed by atoms with Crippen LogP contribution in [0.4, 0.5) is 0 Å². The topological polar surface area (TPSA) is 49.8 Å². The molecule has 1 aliphatic heterocycles. The molecule has 0 aromatic carbocycles. The predicted octanol–water partition coefficient (Wildman–Crippen LogP) is 2.18. The number of nitrogens with one attached hydrogen (secondary N) is 1. The Kier molecular flexibility index (Phi) is 7.12. The van der Waals surface area contributed by atoms with E-state index < -0.39 is 0 Å². The Morgan fingerprint density at radius 3 is 3.05 bits per heavy atom. The van der Waals surface area contributed by atoms with Crippen molar-refractivity contribution in [3.63, 3.8) is 0 Å². The minimum Gasteiger partial charge on any atom is -0.381 e. The number of aliphatic imine (C=N–C) groups is 1. The first kappa shape index (κ1) is 17.2. The van der Waals surface area contributed by atoms with Gasteiger partial charge >= 0.3 is 0 Å². The fourth-order valence-electron chi connectivity index (χ4n) is 2.56. The minimum absolute atomic E-state index is 0.625. The van der Waals surface area contributed by atoms with E-state index in [4.69, 9.17) is 9.73 Å². The first-order chi connectivity index (χ1) is 10.7. The van der Waals surface area contributed by atoms with Crippen LogP contribution in [0.5, 0.6) is 0 Å². The van der Waals surface area contributed by atoms with Gasteiger partial charge in [0.05, 0.1) is 11.6 Å². The second kappa shape index (κ2) is 9.10. The second-order valence-corrected chi connectivity index (χ2v) is 6.87. The van der Waals surface area contributed by atoms with Crippen molar-refractivity contribution >= 4 is 17.3 Å². The van der Waals surface area contributed by atoms with Crippen molar-refractivity contribution in [1.82, 2.24) is 15.2 Å². The van der Waals surface area contributed by atoms with Crippen LogP contribution in [-0.2, 0) is 17.6 Å². The number of aromatic nitrogens is 1. The predicted molar refractivity (Wildman–Crippen MR) is 92.7 cm³/mol. The molecule has 2 rings (SSSR count). The summed E-state index contributed by atoms with van der Waals surface area (Å²) >= 11 is 1.80. The van der Waals surface area contributed by atoms with Crippen molar-refractivity contribution in [2.24, 2.45) is 10.9 Å². The molecule has 1 N–H and O–H groups in total. The smallest absolute Gasteiger partial charge is 0.193 e. The van der Waals surface area contributed by atoms with Crippen molar-refractivity contribution in [3.05, 3.63) is 16.1 Å². The fourth-order valence-corrected chi connectivity index (χ4v) is 3.41. The lowest BCUT2D eigenvalue weighted by Gasteiger charge is -2.24. The normalized spacial score (nSPS) is 18.7. The van der Waals surface area contributed by atoms with Crippen LogP contribution >= 0.6 is 11.3 Å². The lowest BCUT2D eigenvalue weighted by atomic mass is 10.1. The molecule has 1 aliphatic rings. The third-order valence-electron chi connectivity index (χ3n) is 3.79. The Balaban J connectivity index is 1.85. The lowest BCUT2D eigenvalue weighted by Crippen LogP contribution is -2.41. The van der Waals surface area contributed by atoms with Gasteiger partial charge in [0.1, 0.15) is 0 Å². The van der Waals surface area contributed by atoms with Crippen LogP contribution in [0.15, 0.2) is 11.2 Å². The maximum Gasteiger partial charge on any atom is 0.193 e. The summed E-state index contributed by atoms with van der Waals surface area (Å²) < 4.78 is 5.46. The Bertz CT molecular complexity index is 468. The third kappa shape index (κ3) is 5.25. The molecule has 0 aliphatic carbocycles. The average molecular weight is 324 g/mol. The second-order valence-electron chi connectivity index (χ2n) is 5.67. The van der Waals surface area contributed by atoms with Crippen LogP contribution < -0.4 is 5.32 Å². The summed E-state index contributed by atoms with van der Waals surface area (Å²) in [4.78, 5) is 12.8. The maximum atomic E-state index is 5.46. The van der Waals surface area contributed by atoms with Gasteiger partial charge in [0.2, 0.25) is 0 Å². The number of rotatable bonds is 7. The molecule has 1 unspecified atom stereocenters. The molecule has 1 saturated heterocycles. The average Bonchev–Trinajstić information content (AvgIpc) is 3.17. The van der Waals surface area contributed by atoms with E-state index >= 15 is 0 Å². The van der Waals surface area contributed by atoms with Gasteiger partial charge in [0.15, 0.2) is 5.96 Å². The number of aryl methyl sites for hydroxylation is 1. The Labute approximate surface area is 137 Å². The quantitative estimate of drug-likeness (QED) is 0.617. The van der Waals surface area contributed by atoms with E-state index in [0.717, 1.165) is 58.1 Å². The van der Waals surface area contributed by atoms with Crippen molar-refractivity contribution < 1.29 is 4.74 Å². The zero-order valence-corrected chi connectivity index (χ0v) is 14.8. The lowest BCUT2D eigenvalue weighted by molar-refractivity contribution is 0.181. The summed E-state index contributed by atoms with van der Waals surface area (Å²) in [5, 5.41) is 4.56. The van der Waals surface area contributed by atoms with Crippen LogP contribution in [0.3, 0.4) is 0 Å². The Morgan fingerprint density at radius 1 is 1.55 bits per heavy atom. The molecule has 124 valence electrons. The number of ether oxygens (including phenoxy) is 1. The molecule has 1 fully saturated rings. The zero-order chi connectivity index (χ0) is 15.8. The molecule has 5 nitrogen and oxygen atoms in total. The first-order valence-electron chi connectivity index (χ1n) is 8.23. The highest BCUT2D eigenvalue weighted by molar-refractivity contribution is 7.11. The van der Waals surface area contributed by atoms with Gasteiger partial charge in [-0.1, -0.05) is 6.92 Å². The first-order valence-corrected chi connectivity index (χ1v) is 9.05. The molecule has 0 saturated carbocycles. The molecule has 2 heterocycles. The SMILES string of the molecule is CCNC(=NCCc1ncc(CC)s1)N(C)CC1CCOC1. The highest BCUT2D eigenvalue weighted by Crippen LogP contribution is 2.14. The van der Waals surface area contributed by atoms with Crippen LogP contribution in [0.2, 0.25) is 0 Å². The van der Waals surface area contributed by atoms with E-state index in [1.165, 1.54) is 9.88 Å². The largest absolute Gasteiger partial charge is 0.381 e. The van der Waals surface area contributed by atoms with Crippen molar-refractivity contribution in [2.75, 3.05) is 39.9 Å². The van der Waals surface area contributed by atoms with Gasteiger partial charge in [-0.05, 0) is 19.8 Å². The third-order valence-corrected chi connectivity index (χ3v) is 4.99. The van der Waals surface area contributed by atoms with Crippen molar-refractivity contribution in [2.45, 2.75) is 33.1 Å². The van der Waals surface area contributed by atoms with Gasteiger partial charge in [-0.25, -0.2) is 4.98 Å². The molecular formula is C16H28N4OS. The van der Waals surface area contributed by atoms with Crippen LogP contribution in [0.1, 0.15) is 30.2 Å². The van der Waals surface area contributed by atoms with Gasteiger partial charge in [-0.2, -0.15) is 0 Å². The summed E-state index contributed by atoms with van der Waals surface area (Å²) in [6.07, 6.45) is 5.12.